The summed E-state index contributed by atoms with van der Waals surface area (Å²) in [5, 5.41) is 11.5. The highest BCUT2D eigenvalue weighted by molar-refractivity contribution is 7.99. The van der Waals surface area contributed by atoms with Crippen LogP contribution in [-0.4, -0.2) is 56.2 Å². The smallest absolute Gasteiger partial charge is 0.274 e. The molecule has 8 heteroatoms. The average molecular weight is 454 g/mol. The van der Waals surface area contributed by atoms with Crippen LogP contribution in [0.3, 0.4) is 0 Å². The summed E-state index contributed by atoms with van der Waals surface area (Å²) in [4.78, 5) is 19.9. The van der Waals surface area contributed by atoms with Crippen molar-refractivity contribution in [1.82, 2.24) is 25.0 Å². The van der Waals surface area contributed by atoms with Crippen LogP contribution >= 0.6 is 23.1 Å². The number of rotatable bonds is 5. The average Bonchev–Trinajstić information content (AvgIpc) is 3.43. The Hall–Kier alpha value is -2.16. The Morgan fingerprint density at radius 1 is 1.23 bits per heavy atom. The molecule has 1 atom stereocenters. The van der Waals surface area contributed by atoms with Crippen LogP contribution in [0.4, 0.5) is 0 Å². The first-order valence-corrected chi connectivity index (χ1v) is 12.9. The minimum absolute atomic E-state index is 0.102. The number of fused-ring (bicyclic) bond motifs is 1. The number of hydrogen-bond acceptors (Lipinski definition) is 6. The first-order valence-electron chi connectivity index (χ1n) is 10.8. The molecule has 1 aliphatic heterocycles. The van der Waals surface area contributed by atoms with E-state index in [1.807, 2.05) is 46.6 Å². The molecule has 0 spiro atoms. The van der Waals surface area contributed by atoms with Crippen molar-refractivity contribution in [2.75, 3.05) is 24.6 Å². The number of benzene rings is 1. The van der Waals surface area contributed by atoms with Crippen molar-refractivity contribution in [2.45, 2.75) is 31.8 Å². The molecule has 1 saturated heterocycles. The van der Waals surface area contributed by atoms with Gasteiger partial charge in [0.2, 0.25) is 0 Å². The number of thiazole rings is 1. The van der Waals surface area contributed by atoms with E-state index in [-0.39, 0.29) is 5.91 Å². The lowest BCUT2D eigenvalue weighted by atomic mass is 9.91. The highest BCUT2D eigenvalue weighted by atomic mass is 32.2. The number of carbonyl (C=O) groups excluding carboxylic acids is 1. The van der Waals surface area contributed by atoms with E-state index in [2.05, 4.69) is 27.9 Å². The van der Waals surface area contributed by atoms with Crippen molar-refractivity contribution in [3.63, 3.8) is 0 Å². The van der Waals surface area contributed by atoms with Crippen LogP contribution in [0.25, 0.3) is 11.3 Å². The van der Waals surface area contributed by atoms with E-state index in [1.165, 1.54) is 5.69 Å². The molecule has 5 rings (SSSR count). The third-order valence-electron chi connectivity index (χ3n) is 6.12. The van der Waals surface area contributed by atoms with Crippen LogP contribution in [-0.2, 0) is 26.4 Å². The summed E-state index contributed by atoms with van der Waals surface area (Å²) < 4.78 is 1.92. The van der Waals surface area contributed by atoms with E-state index in [4.69, 9.17) is 4.98 Å². The van der Waals surface area contributed by atoms with E-state index in [9.17, 15) is 4.79 Å². The Bertz CT molecular complexity index is 1060. The molecule has 3 aromatic rings. The summed E-state index contributed by atoms with van der Waals surface area (Å²) in [6.07, 6.45) is 2.86. The molecule has 0 bridgehead atoms. The van der Waals surface area contributed by atoms with Gasteiger partial charge in [-0.05, 0) is 19.3 Å². The summed E-state index contributed by atoms with van der Waals surface area (Å²) >= 11 is 3.61. The largest absolute Gasteiger partial charge is 0.336 e. The predicted octanol–water partition coefficient (Wildman–Crippen LogP) is 3.38. The summed E-state index contributed by atoms with van der Waals surface area (Å²) in [6.45, 7) is 2.40. The van der Waals surface area contributed by atoms with Crippen LogP contribution in [0.5, 0.6) is 0 Å². The maximum Gasteiger partial charge on any atom is 0.274 e. The molecule has 0 saturated carbocycles. The van der Waals surface area contributed by atoms with Gasteiger partial charge in [-0.3, -0.25) is 9.48 Å². The topological polar surface area (TPSA) is 63.1 Å². The summed E-state index contributed by atoms with van der Waals surface area (Å²) in [5.74, 6) is 2.14. The van der Waals surface area contributed by atoms with E-state index in [0.29, 0.717) is 11.7 Å². The van der Waals surface area contributed by atoms with Crippen molar-refractivity contribution in [3.8, 4) is 11.3 Å². The molecule has 6 nitrogen and oxygen atoms in total. The third-order valence-corrected chi connectivity index (χ3v) is 7.91. The maximum atomic E-state index is 13.1. The van der Waals surface area contributed by atoms with Gasteiger partial charge >= 0.3 is 0 Å². The zero-order chi connectivity index (χ0) is 21.2. The molecule has 1 unspecified atom stereocenters. The number of aryl methyl sites for hydroxylation is 1. The molecule has 1 aliphatic carbocycles. The number of hydrogen-bond donors (Lipinski definition) is 1. The zero-order valence-corrected chi connectivity index (χ0v) is 19.3. The van der Waals surface area contributed by atoms with Crippen molar-refractivity contribution in [2.24, 2.45) is 7.05 Å². The highest BCUT2D eigenvalue weighted by Gasteiger charge is 2.30. The lowest BCUT2D eigenvalue weighted by molar-refractivity contribution is 0.0764. The Kier molecular flexibility index (Phi) is 6.11. The standard InChI is InChI=1S/C23H27N5OS2/c1-27-20-8-7-17(13-18(20)22(26-27)23(29)28-9-11-30-12-10-28)24-14-21-25-19(15-31-21)16-5-3-2-4-6-16/h2-6,15,17,24H,7-14H2,1H3. The number of nitrogens with zero attached hydrogens (tertiary/aromatic N) is 4. The molecule has 3 heterocycles. The molecule has 162 valence electrons. The van der Waals surface area contributed by atoms with Gasteiger partial charge in [0.25, 0.3) is 5.91 Å². The normalized spacial score (nSPS) is 18.7. The van der Waals surface area contributed by atoms with Crippen LogP contribution in [0.2, 0.25) is 0 Å². The second kappa shape index (κ2) is 9.14. The molecule has 1 fully saturated rings. The Morgan fingerprint density at radius 2 is 2.03 bits per heavy atom. The fourth-order valence-electron chi connectivity index (χ4n) is 4.42. The molecule has 0 radical (unpaired) electrons. The lowest BCUT2D eigenvalue weighted by Crippen LogP contribution is -2.39. The second-order valence-corrected chi connectivity index (χ2v) is 10.3. The van der Waals surface area contributed by atoms with Gasteiger partial charge in [0.1, 0.15) is 5.01 Å². The van der Waals surface area contributed by atoms with Crippen molar-refractivity contribution in [1.29, 1.82) is 0 Å². The number of amides is 1. The minimum Gasteiger partial charge on any atom is -0.336 e. The summed E-state index contributed by atoms with van der Waals surface area (Å²) in [7, 11) is 1.97. The monoisotopic (exact) mass is 453 g/mol. The highest BCUT2D eigenvalue weighted by Crippen LogP contribution is 2.27. The second-order valence-electron chi connectivity index (χ2n) is 8.12. The molecule has 31 heavy (non-hydrogen) atoms. The Balaban J connectivity index is 1.25. The van der Waals surface area contributed by atoms with Gasteiger partial charge in [-0.1, -0.05) is 30.3 Å². The predicted molar refractivity (Wildman–Crippen MR) is 127 cm³/mol. The van der Waals surface area contributed by atoms with Crippen molar-refractivity contribution in [3.05, 3.63) is 57.7 Å². The van der Waals surface area contributed by atoms with Gasteiger partial charge in [0, 0.05) is 66.4 Å². The minimum atomic E-state index is 0.102. The molecule has 1 amide bonds. The number of thioether (sulfide) groups is 1. The van der Waals surface area contributed by atoms with Crippen LogP contribution < -0.4 is 5.32 Å². The fraction of sp³-hybridized carbons (Fsp3) is 0.435. The van der Waals surface area contributed by atoms with Crippen molar-refractivity contribution < 1.29 is 4.79 Å². The number of nitrogens with one attached hydrogen (secondary N) is 1. The molecule has 1 N–H and O–H groups in total. The molecular weight excluding hydrogens is 426 g/mol. The van der Waals surface area contributed by atoms with Crippen LogP contribution in [0.15, 0.2) is 35.7 Å². The molecule has 1 aromatic carbocycles. The van der Waals surface area contributed by atoms with E-state index in [1.54, 1.807) is 11.3 Å². The van der Waals surface area contributed by atoms with Crippen molar-refractivity contribution >= 4 is 29.0 Å². The third kappa shape index (κ3) is 4.42. The van der Waals surface area contributed by atoms with Crippen LogP contribution in [0.1, 0.15) is 33.2 Å². The molecule has 2 aliphatic rings. The van der Waals surface area contributed by atoms with Gasteiger partial charge < -0.3 is 10.2 Å². The maximum absolute atomic E-state index is 13.1. The van der Waals surface area contributed by atoms with Gasteiger partial charge in [0.05, 0.1) is 5.69 Å². The van der Waals surface area contributed by atoms with Gasteiger partial charge in [-0.15, -0.1) is 11.3 Å². The number of aromatic nitrogens is 3. The van der Waals surface area contributed by atoms with E-state index < -0.39 is 0 Å². The van der Waals surface area contributed by atoms with Gasteiger partial charge in [-0.2, -0.15) is 16.9 Å². The first kappa shape index (κ1) is 20.7. The molecule has 2 aromatic heterocycles. The van der Waals surface area contributed by atoms with Gasteiger partial charge in [0.15, 0.2) is 5.69 Å². The van der Waals surface area contributed by atoms with Gasteiger partial charge in [-0.25, -0.2) is 4.98 Å². The molecular formula is C23H27N5OS2. The Labute approximate surface area is 191 Å². The quantitative estimate of drug-likeness (QED) is 0.642. The van der Waals surface area contributed by atoms with E-state index in [0.717, 1.165) is 72.2 Å². The lowest BCUT2D eigenvalue weighted by Gasteiger charge is -2.27. The zero-order valence-electron chi connectivity index (χ0n) is 17.7. The first-order chi connectivity index (χ1) is 15.2. The van der Waals surface area contributed by atoms with E-state index >= 15 is 0 Å². The van der Waals surface area contributed by atoms with Crippen LogP contribution in [0, 0.1) is 0 Å². The summed E-state index contributed by atoms with van der Waals surface area (Å²) in [5.41, 5.74) is 5.21. The fourth-order valence-corrected chi connectivity index (χ4v) is 6.07. The summed E-state index contributed by atoms with van der Waals surface area (Å²) in [6, 6.07) is 10.6. The number of carbonyl (C=O) groups is 1. The Morgan fingerprint density at radius 3 is 2.84 bits per heavy atom. The SMILES string of the molecule is Cn1nc(C(=O)N2CCSCC2)c2c1CCC(NCc1nc(-c3ccccc3)cs1)C2.